The van der Waals surface area contributed by atoms with Gasteiger partial charge >= 0.3 is 0 Å². The van der Waals surface area contributed by atoms with Gasteiger partial charge in [-0.3, -0.25) is 4.99 Å². The van der Waals surface area contributed by atoms with Gasteiger partial charge in [-0.25, -0.2) is 0 Å². The van der Waals surface area contributed by atoms with Crippen molar-refractivity contribution in [2.24, 2.45) is 4.99 Å². The van der Waals surface area contributed by atoms with Crippen LogP contribution in [0.2, 0.25) is 0 Å². The summed E-state index contributed by atoms with van der Waals surface area (Å²) in [4.78, 5) is 4.20. The van der Waals surface area contributed by atoms with E-state index < -0.39 is 0 Å². The van der Waals surface area contributed by atoms with Crippen molar-refractivity contribution < 1.29 is 9.47 Å². The van der Waals surface area contributed by atoms with Gasteiger partial charge in [-0.15, -0.1) is 6.58 Å². The second-order valence-electron chi connectivity index (χ2n) is 4.40. The fourth-order valence-electron chi connectivity index (χ4n) is 1.87. The molecular weight excluding hydrogens is 286 g/mol. The number of thioether (sulfide) groups is 1. The van der Waals surface area contributed by atoms with Gasteiger partial charge in [0.1, 0.15) is 0 Å². The van der Waals surface area contributed by atoms with Gasteiger partial charge in [0, 0.05) is 31.6 Å². The van der Waals surface area contributed by atoms with E-state index in [2.05, 4.69) is 22.2 Å². The van der Waals surface area contributed by atoms with Crippen LogP contribution in [0, 0.1) is 0 Å². The van der Waals surface area contributed by atoms with Crippen LogP contribution in [0.25, 0.3) is 0 Å². The molecule has 0 saturated carbocycles. The summed E-state index contributed by atoms with van der Waals surface area (Å²) in [6.07, 6.45) is 1.91. The SMILES string of the molecule is C=CCSCCNC(=NC)NCc1ccc2c(c1)OCO2. The molecule has 0 atom stereocenters. The zero-order valence-corrected chi connectivity index (χ0v) is 13.0. The Balaban J connectivity index is 1.74. The minimum atomic E-state index is 0.303. The average molecular weight is 307 g/mol. The monoisotopic (exact) mass is 307 g/mol. The van der Waals surface area contributed by atoms with E-state index in [-0.39, 0.29) is 0 Å². The lowest BCUT2D eigenvalue weighted by Crippen LogP contribution is -2.37. The maximum Gasteiger partial charge on any atom is 0.231 e. The number of hydrogen-bond acceptors (Lipinski definition) is 4. The Morgan fingerprint density at radius 1 is 1.38 bits per heavy atom. The van der Waals surface area contributed by atoms with Gasteiger partial charge in [0.05, 0.1) is 0 Å². The molecule has 0 saturated heterocycles. The standard InChI is InChI=1S/C15H21N3O2S/c1-3-7-21-8-6-17-15(16-2)18-10-12-4-5-13-14(9-12)20-11-19-13/h3-5,9H,1,6-8,10-11H2,2H3,(H2,16,17,18). The zero-order valence-electron chi connectivity index (χ0n) is 12.2. The highest BCUT2D eigenvalue weighted by molar-refractivity contribution is 7.99. The molecule has 21 heavy (non-hydrogen) atoms. The van der Waals surface area contributed by atoms with Gasteiger partial charge in [0.15, 0.2) is 17.5 Å². The van der Waals surface area contributed by atoms with E-state index in [1.807, 2.05) is 36.0 Å². The van der Waals surface area contributed by atoms with Crippen molar-refractivity contribution in [3.8, 4) is 11.5 Å². The Kier molecular flexibility index (Phi) is 6.27. The molecule has 5 nitrogen and oxygen atoms in total. The fraction of sp³-hybridized carbons (Fsp3) is 0.400. The number of benzene rings is 1. The van der Waals surface area contributed by atoms with Gasteiger partial charge < -0.3 is 20.1 Å². The molecule has 6 heteroatoms. The van der Waals surface area contributed by atoms with E-state index in [4.69, 9.17) is 9.47 Å². The maximum absolute atomic E-state index is 5.37. The number of aliphatic imine (C=N–C) groups is 1. The van der Waals surface area contributed by atoms with Crippen LogP contribution in [0.15, 0.2) is 35.8 Å². The molecule has 1 aromatic carbocycles. The Hall–Kier alpha value is -1.82. The third kappa shape index (κ3) is 4.90. The molecule has 0 spiro atoms. The second-order valence-corrected chi connectivity index (χ2v) is 5.55. The van der Waals surface area contributed by atoms with Crippen molar-refractivity contribution in [3.05, 3.63) is 36.4 Å². The Morgan fingerprint density at radius 3 is 3.05 bits per heavy atom. The number of ether oxygens (including phenoxy) is 2. The number of rotatable bonds is 7. The molecule has 1 heterocycles. The van der Waals surface area contributed by atoms with Crippen LogP contribution >= 0.6 is 11.8 Å². The second kappa shape index (κ2) is 8.46. The topological polar surface area (TPSA) is 54.9 Å². The third-order valence-electron chi connectivity index (χ3n) is 2.90. The summed E-state index contributed by atoms with van der Waals surface area (Å²) in [6, 6.07) is 5.94. The highest BCUT2D eigenvalue weighted by Gasteiger charge is 2.13. The summed E-state index contributed by atoms with van der Waals surface area (Å²) in [5.74, 6) is 4.41. The smallest absolute Gasteiger partial charge is 0.231 e. The highest BCUT2D eigenvalue weighted by atomic mass is 32.2. The average Bonchev–Trinajstić information content (AvgIpc) is 2.97. The molecule has 0 aliphatic carbocycles. The zero-order chi connectivity index (χ0) is 14.9. The Bertz CT molecular complexity index is 506. The molecule has 114 valence electrons. The normalized spacial score (nSPS) is 13.1. The predicted molar refractivity (Wildman–Crippen MR) is 88.3 cm³/mol. The van der Waals surface area contributed by atoms with Crippen molar-refractivity contribution in [2.75, 3.05) is 31.9 Å². The van der Waals surface area contributed by atoms with Gasteiger partial charge in [0.2, 0.25) is 6.79 Å². The van der Waals surface area contributed by atoms with Crippen LogP contribution in [0.5, 0.6) is 11.5 Å². The van der Waals surface area contributed by atoms with Gasteiger partial charge in [-0.2, -0.15) is 11.8 Å². The number of nitrogens with one attached hydrogen (secondary N) is 2. The van der Waals surface area contributed by atoms with E-state index >= 15 is 0 Å². The molecule has 0 bridgehead atoms. The summed E-state index contributed by atoms with van der Waals surface area (Å²) in [7, 11) is 1.77. The van der Waals surface area contributed by atoms with Crippen molar-refractivity contribution in [3.63, 3.8) is 0 Å². The number of guanidine groups is 1. The van der Waals surface area contributed by atoms with E-state index in [1.165, 1.54) is 0 Å². The fourth-order valence-corrected chi connectivity index (χ4v) is 2.45. The molecule has 1 aliphatic heterocycles. The van der Waals surface area contributed by atoms with Crippen molar-refractivity contribution in [1.29, 1.82) is 0 Å². The van der Waals surface area contributed by atoms with Crippen LogP contribution in [-0.4, -0.2) is 37.9 Å². The van der Waals surface area contributed by atoms with E-state index in [0.29, 0.717) is 13.3 Å². The molecular formula is C15H21N3O2S. The maximum atomic E-state index is 5.37. The van der Waals surface area contributed by atoms with Crippen LogP contribution in [0.1, 0.15) is 5.56 Å². The summed E-state index contributed by atoms with van der Waals surface area (Å²) < 4.78 is 10.7. The van der Waals surface area contributed by atoms with Gasteiger partial charge in [-0.1, -0.05) is 12.1 Å². The van der Waals surface area contributed by atoms with Crippen LogP contribution in [0.4, 0.5) is 0 Å². The van der Waals surface area contributed by atoms with Crippen molar-refractivity contribution in [1.82, 2.24) is 10.6 Å². The quantitative estimate of drug-likeness (QED) is 0.349. The minimum absolute atomic E-state index is 0.303. The molecule has 0 fully saturated rings. The first-order valence-electron chi connectivity index (χ1n) is 6.85. The Morgan fingerprint density at radius 2 is 2.24 bits per heavy atom. The van der Waals surface area contributed by atoms with E-state index in [1.54, 1.807) is 7.05 Å². The van der Waals surface area contributed by atoms with Crippen molar-refractivity contribution in [2.45, 2.75) is 6.54 Å². The summed E-state index contributed by atoms with van der Waals surface area (Å²) >= 11 is 1.84. The summed E-state index contributed by atoms with van der Waals surface area (Å²) in [5, 5.41) is 6.56. The lowest BCUT2D eigenvalue weighted by Gasteiger charge is -2.12. The number of hydrogen-bond donors (Lipinski definition) is 2. The first-order chi connectivity index (χ1) is 10.3. The molecule has 2 rings (SSSR count). The third-order valence-corrected chi connectivity index (χ3v) is 3.86. The van der Waals surface area contributed by atoms with Crippen LogP contribution in [0.3, 0.4) is 0 Å². The largest absolute Gasteiger partial charge is 0.454 e. The lowest BCUT2D eigenvalue weighted by atomic mass is 10.2. The van der Waals surface area contributed by atoms with Gasteiger partial charge in [-0.05, 0) is 17.7 Å². The number of fused-ring (bicyclic) bond motifs is 1. The summed E-state index contributed by atoms with van der Waals surface area (Å²) in [5.41, 5.74) is 1.13. The van der Waals surface area contributed by atoms with Gasteiger partial charge in [0.25, 0.3) is 0 Å². The number of nitrogens with zero attached hydrogens (tertiary/aromatic N) is 1. The van der Waals surface area contributed by atoms with E-state index in [0.717, 1.165) is 41.1 Å². The first kappa shape index (κ1) is 15.6. The van der Waals surface area contributed by atoms with E-state index in [9.17, 15) is 0 Å². The van der Waals surface area contributed by atoms with Crippen LogP contribution < -0.4 is 20.1 Å². The predicted octanol–water partition coefficient (Wildman–Crippen LogP) is 2.00. The molecule has 2 N–H and O–H groups in total. The molecule has 0 aromatic heterocycles. The first-order valence-corrected chi connectivity index (χ1v) is 8.00. The Labute approximate surface area is 129 Å². The minimum Gasteiger partial charge on any atom is -0.454 e. The molecule has 0 amide bonds. The molecule has 1 aliphatic rings. The van der Waals surface area contributed by atoms with Crippen LogP contribution in [-0.2, 0) is 6.54 Å². The molecule has 0 radical (unpaired) electrons. The molecule has 0 unspecified atom stereocenters. The summed E-state index contributed by atoms with van der Waals surface area (Å²) in [6.45, 7) is 5.57. The lowest BCUT2D eigenvalue weighted by molar-refractivity contribution is 0.174. The van der Waals surface area contributed by atoms with Crippen molar-refractivity contribution >= 4 is 17.7 Å². The molecule has 1 aromatic rings. The highest BCUT2D eigenvalue weighted by Crippen LogP contribution is 2.32.